The van der Waals surface area contributed by atoms with Gasteiger partial charge in [-0.25, -0.2) is 17.2 Å². The van der Waals surface area contributed by atoms with Gasteiger partial charge < -0.3 is 5.73 Å². The van der Waals surface area contributed by atoms with Gasteiger partial charge in [-0.05, 0) is 24.3 Å². The van der Waals surface area contributed by atoms with Crippen molar-refractivity contribution in [3.8, 4) is 0 Å². The first-order valence-corrected chi connectivity index (χ1v) is 7.67. The zero-order chi connectivity index (χ0) is 15.8. The summed E-state index contributed by atoms with van der Waals surface area (Å²) in [4.78, 5) is -0.701. The zero-order valence-corrected chi connectivity index (χ0v) is 12.5. The summed E-state index contributed by atoms with van der Waals surface area (Å²) in [6, 6.07) is 4.56. The Balaban J connectivity index is 2.42. The van der Waals surface area contributed by atoms with Crippen LogP contribution in [0.2, 0.25) is 10.0 Å². The van der Waals surface area contributed by atoms with Crippen molar-refractivity contribution in [1.29, 1.82) is 0 Å². The summed E-state index contributed by atoms with van der Waals surface area (Å²) in [6.07, 6.45) is 0. The molecule has 3 N–H and O–H groups in total. The van der Waals surface area contributed by atoms with E-state index in [1.165, 1.54) is 12.1 Å². The summed E-state index contributed by atoms with van der Waals surface area (Å²) in [6.45, 7) is 0. The first-order valence-electron chi connectivity index (χ1n) is 5.43. The van der Waals surface area contributed by atoms with Crippen molar-refractivity contribution >= 4 is 44.6 Å². The van der Waals surface area contributed by atoms with Gasteiger partial charge in [-0.2, -0.15) is 0 Å². The Morgan fingerprint density at radius 3 is 2.14 bits per heavy atom. The number of nitrogen functional groups attached to an aromatic ring is 1. The smallest absolute Gasteiger partial charge is 0.264 e. The van der Waals surface area contributed by atoms with E-state index < -0.39 is 26.6 Å². The van der Waals surface area contributed by atoms with Crippen molar-refractivity contribution in [2.75, 3.05) is 10.5 Å². The fraction of sp³-hybridized carbons (Fsp3) is 0. The molecule has 2 rings (SSSR count). The minimum absolute atomic E-state index is 0.00271. The summed E-state index contributed by atoms with van der Waals surface area (Å²) in [5.74, 6) is -2.10. The third kappa shape index (κ3) is 3.37. The van der Waals surface area contributed by atoms with E-state index >= 15 is 0 Å². The number of nitrogens with one attached hydrogen (secondary N) is 1. The molecule has 0 aliphatic heterocycles. The van der Waals surface area contributed by atoms with Gasteiger partial charge in [0.05, 0.1) is 21.4 Å². The van der Waals surface area contributed by atoms with Gasteiger partial charge in [0, 0.05) is 6.07 Å². The van der Waals surface area contributed by atoms with E-state index in [0.717, 1.165) is 12.1 Å². The molecule has 0 aromatic heterocycles. The fourth-order valence-electron chi connectivity index (χ4n) is 1.55. The topological polar surface area (TPSA) is 72.2 Å². The average Bonchev–Trinajstić information content (AvgIpc) is 2.34. The van der Waals surface area contributed by atoms with Crippen LogP contribution in [0.5, 0.6) is 0 Å². The molecular formula is C12H8Cl2F2N2O2S. The third-order valence-corrected chi connectivity index (χ3v) is 4.55. The van der Waals surface area contributed by atoms with Crippen molar-refractivity contribution in [2.45, 2.75) is 4.90 Å². The molecule has 9 heteroatoms. The fourth-order valence-corrected chi connectivity index (χ4v) is 3.13. The number of nitrogens with two attached hydrogens (primary N) is 1. The van der Waals surface area contributed by atoms with Crippen LogP contribution in [0.1, 0.15) is 0 Å². The Morgan fingerprint density at radius 1 is 1.05 bits per heavy atom. The molecule has 0 bridgehead atoms. The summed E-state index contributed by atoms with van der Waals surface area (Å²) in [7, 11) is -4.26. The summed E-state index contributed by atoms with van der Waals surface area (Å²) in [5.41, 5.74) is 5.62. The lowest BCUT2D eigenvalue weighted by atomic mass is 10.3. The van der Waals surface area contributed by atoms with E-state index in [4.69, 9.17) is 28.9 Å². The van der Waals surface area contributed by atoms with E-state index in [0.29, 0.717) is 6.07 Å². The summed E-state index contributed by atoms with van der Waals surface area (Å²) < 4.78 is 52.5. The highest BCUT2D eigenvalue weighted by Gasteiger charge is 2.20. The monoisotopic (exact) mass is 352 g/mol. The molecule has 0 aliphatic carbocycles. The van der Waals surface area contributed by atoms with Crippen LogP contribution in [0, 0.1) is 11.6 Å². The van der Waals surface area contributed by atoms with Crippen LogP contribution in [0.4, 0.5) is 20.2 Å². The van der Waals surface area contributed by atoms with Gasteiger partial charge in [-0.3, -0.25) is 4.72 Å². The first-order chi connectivity index (χ1) is 9.70. The molecule has 2 aromatic rings. The largest absolute Gasteiger partial charge is 0.396 e. The van der Waals surface area contributed by atoms with E-state index in [-0.39, 0.29) is 21.4 Å². The lowest BCUT2D eigenvalue weighted by molar-refractivity contribution is 0.551. The van der Waals surface area contributed by atoms with Crippen LogP contribution >= 0.6 is 23.2 Å². The van der Waals surface area contributed by atoms with Crippen LogP contribution in [0.3, 0.4) is 0 Å². The SMILES string of the molecule is Nc1c(Cl)cc(NS(=O)(=O)c2ccc(F)cc2F)cc1Cl. The maximum Gasteiger partial charge on any atom is 0.264 e. The minimum atomic E-state index is -4.26. The average molecular weight is 353 g/mol. The molecule has 21 heavy (non-hydrogen) atoms. The number of rotatable bonds is 3. The number of hydrogen-bond acceptors (Lipinski definition) is 3. The van der Waals surface area contributed by atoms with Gasteiger partial charge >= 0.3 is 0 Å². The van der Waals surface area contributed by atoms with Crippen molar-refractivity contribution in [2.24, 2.45) is 0 Å². The maximum absolute atomic E-state index is 13.5. The lowest BCUT2D eigenvalue weighted by Crippen LogP contribution is -2.15. The van der Waals surface area contributed by atoms with E-state index in [1.807, 2.05) is 0 Å². The standard InChI is InChI=1S/C12H8Cl2F2N2O2S/c13-8-4-7(5-9(14)12(8)17)18-21(19,20)11-2-1-6(15)3-10(11)16/h1-5,18H,17H2. The Hall–Kier alpha value is -1.57. The first kappa shape index (κ1) is 15.8. The van der Waals surface area contributed by atoms with Gasteiger partial charge in [-0.1, -0.05) is 23.2 Å². The third-order valence-electron chi connectivity index (χ3n) is 2.51. The highest BCUT2D eigenvalue weighted by Crippen LogP contribution is 2.32. The molecule has 0 saturated heterocycles. The number of sulfonamides is 1. The van der Waals surface area contributed by atoms with Gasteiger partial charge in [-0.15, -0.1) is 0 Å². The van der Waals surface area contributed by atoms with Crippen molar-refractivity contribution in [3.63, 3.8) is 0 Å². The minimum Gasteiger partial charge on any atom is -0.396 e. The van der Waals surface area contributed by atoms with Crippen molar-refractivity contribution in [1.82, 2.24) is 0 Å². The number of benzene rings is 2. The molecule has 0 heterocycles. The number of halogens is 4. The van der Waals surface area contributed by atoms with Gasteiger partial charge in [0.2, 0.25) is 0 Å². The van der Waals surface area contributed by atoms with Crippen LogP contribution in [-0.2, 0) is 10.0 Å². The van der Waals surface area contributed by atoms with Gasteiger partial charge in [0.1, 0.15) is 16.5 Å². The predicted molar refractivity (Wildman–Crippen MR) is 78.0 cm³/mol. The molecule has 0 atom stereocenters. The van der Waals surface area contributed by atoms with E-state index in [9.17, 15) is 17.2 Å². The van der Waals surface area contributed by atoms with Gasteiger partial charge in [0.15, 0.2) is 0 Å². The molecule has 0 spiro atoms. The zero-order valence-electron chi connectivity index (χ0n) is 10.2. The molecular weight excluding hydrogens is 345 g/mol. The molecule has 0 aliphatic rings. The summed E-state index contributed by atoms with van der Waals surface area (Å²) in [5, 5.41) is 0.0829. The lowest BCUT2D eigenvalue weighted by Gasteiger charge is -2.11. The Bertz CT molecular complexity index is 790. The Morgan fingerprint density at radius 2 is 1.62 bits per heavy atom. The Labute approximate surface area is 129 Å². The molecule has 2 aromatic carbocycles. The molecule has 4 nitrogen and oxygen atoms in total. The Kier molecular flexibility index (Phi) is 4.27. The van der Waals surface area contributed by atoms with Crippen molar-refractivity contribution in [3.05, 3.63) is 52.0 Å². The normalized spacial score (nSPS) is 11.4. The van der Waals surface area contributed by atoms with Crippen molar-refractivity contribution < 1.29 is 17.2 Å². The van der Waals surface area contributed by atoms with Gasteiger partial charge in [0.25, 0.3) is 10.0 Å². The summed E-state index contributed by atoms with van der Waals surface area (Å²) >= 11 is 11.6. The second-order valence-corrected chi connectivity index (χ2v) is 6.50. The molecule has 0 amide bonds. The highest BCUT2D eigenvalue weighted by molar-refractivity contribution is 7.92. The highest BCUT2D eigenvalue weighted by atomic mass is 35.5. The molecule has 0 unspecified atom stereocenters. The number of hydrogen-bond donors (Lipinski definition) is 2. The molecule has 0 saturated carbocycles. The molecule has 112 valence electrons. The number of anilines is 2. The molecule has 0 radical (unpaired) electrons. The maximum atomic E-state index is 13.5. The second kappa shape index (κ2) is 5.67. The quantitative estimate of drug-likeness (QED) is 0.828. The van der Waals surface area contributed by atoms with E-state index in [2.05, 4.69) is 4.72 Å². The van der Waals surface area contributed by atoms with Crippen LogP contribution < -0.4 is 10.5 Å². The predicted octanol–water partition coefficient (Wildman–Crippen LogP) is 3.65. The molecule has 0 fully saturated rings. The van der Waals surface area contributed by atoms with Crippen LogP contribution in [0.15, 0.2) is 35.2 Å². The van der Waals surface area contributed by atoms with Crippen LogP contribution in [-0.4, -0.2) is 8.42 Å². The van der Waals surface area contributed by atoms with Crippen LogP contribution in [0.25, 0.3) is 0 Å². The second-order valence-electron chi connectivity index (χ2n) is 4.03. The van der Waals surface area contributed by atoms with E-state index in [1.54, 1.807) is 0 Å².